The first-order valence-corrected chi connectivity index (χ1v) is 11.2. The molecule has 0 bridgehead atoms. The topological polar surface area (TPSA) is 50.1 Å². The number of benzene rings is 2. The number of hydrogen-bond acceptors (Lipinski definition) is 5. The molecule has 3 aromatic rings. The largest absolute Gasteiger partial charge is 0.302 e. The quantitative estimate of drug-likeness (QED) is 0.509. The van der Waals surface area contributed by atoms with Crippen LogP contribution in [-0.2, 0) is 13.1 Å². The molecule has 1 aromatic heterocycles. The zero-order valence-electron chi connectivity index (χ0n) is 17.7. The third-order valence-electron chi connectivity index (χ3n) is 5.75. The minimum atomic E-state index is 0.709. The van der Waals surface area contributed by atoms with E-state index in [1.807, 2.05) is 30.3 Å². The number of aromatic nitrogens is 4. The van der Waals surface area contributed by atoms with E-state index in [2.05, 4.69) is 55.5 Å². The molecule has 1 aliphatic rings. The summed E-state index contributed by atoms with van der Waals surface area (Å²) in [4.78, 5) is 6.96. The normalized spacial score (nSPS) is 15.9. The molecule has 4 rings (SSSR count). The molecule has 0 saturated carbocycles. The first kappa shape index (κ1) is 20.7. The molecular weight excluding hydrogens is 372 g/mol. The maximum atomic E-state index is 4.50. The van der Waals surface area contributed by atoms with E-state index in [-0.39, 0.29) is 0 Å². The highest BCUT2D eigenvalue weighted by atomic mass is 15.6. The van der Waals surface area contributed by atoms with Gasteiger partial charge in [0.25, 0.3) is 0 Å². The van der Waals surface area contributed by atoms with Gasteiger partial charge in [0.2, 0.25) is 5.82 Å². The van der Waals surface area contributed by atoms with Crippen LogP contribution >= 0.6 is 0 Å². The standard InChI is InChI=1S/C24H32N6/c1-4-11-22(12-5-1)21-29-17-10-16-28(19-20-29)15-8-3-9-18-30-26-24(25-27-30)23-13-6-2-7-14-23/h1-2,4-7,11-14H,3,8-10,15-21H2. The molecule has 0 unspecified atom stereocenters. The van der Waals surface area contributed by atoms with Crippen LogP contribution in [0.25, 0.3) is 11.4 Å². The minimum Gasteiger partial charge on any atom is -0.302 e. The van der Waals surface area contributed by atoms with Crippen LogP contribution in [0.1, 0.15) is 31.2 Å². The second kappa shape index (κ2) is 11.0. The Labute approximate surface area is 179 Å². The van der Waals surface area contributed by atoms with Crippen molar-refractivity contribution in [3.63, 3.8) is 0 Å². The van der Waals surface area contributed by atoms with Gasteiger partial charge in [0.15, 0.2) is 0 Å². The predicted octanol–water partition coefficient (Wildman–Crippen LogP) is 3.72. The number of hydrogen-bond donors (Lipinski definition) is 0. The van der Waals surface area contributed by atoms with Crippen LogP contribution < -0.4 is 0 Å². The highest BCUT2D eigenvalue weighted by Gasteiger charge is 2.14. The van der Waals surface area contributed by atoms with E-state index in [0.29, 0.717) is 5.82 Å². The lowest BCUT2D eigenvalue weighted by molar-refractivity contribution is 0.248. The van der Waals surface area contributed by atoms with Gasteiger partial charge in [-0.1, -0.05) is 67.1 Å². The Hall–Kier alpha value is -2.57. The van der Waals surface area contributed by atoms with Crippen molar-refractivity contribution < 1.29 is 0 Å². The molecule has 0 N–H and O–H groups in total. The first-order chi connectivity index (χ1) is 14.9. The Kier molecular flexibility index (Phi) is 7.58. The van der Waals surface area contributed by atoms with Crippen LogP contribution in [0.4, 0.5) is 0 Å². The molecular formula is C24H32N6. The van der Waals surface area contributed by atoms with Crippen molar-refractivity contribution in [2.24, 2.45) is 0 Å². The maximum Gasteiger partial charge on any atom is 0.204 e. The Morgan fingerprint density at radius 2 is 1.40 bits per heavy atom. The molecule has 158 valence electrons. The summed E-state index contributed by atoms with van der Waals surface area (Å²) in [5, 5.41) is 12.9. The highest BCUT2D eigenvalue weighted by molar-refractivity contribution is 5.52. The Morgan fingerprint density at radius 3 is 2.23 bits per heavy atom. The summed E-state index contributed by atoms with van der Waals surface area (Å²) < 4.78 is 0. The SMILES string of the molecule is c1ccc(CN2CCCN(CCCCCn3nnc(-c4ccccc4)n3)CC2)cc1. The van der Waals surface area contributed by atoms with Gasteiger partial charge in [0, 0.05) is 25.2 Å². The fourth-order valence-electron chi connectivity index (χ4n) is 4.05. The lowest BCUT2D eigenvalue weighted by Crippen LogP contribution is -2.31. The fourth-order valence-corrected chi connectivity index (χ4v) is 4.05. The summed E-state index contributed by atoms with van der Waals surface area (Å²) in [6, 6.07) is 20.9. The summed E-state index contributed by atoms with van der Waals surface area (Å²) in [5.41, 5.74) is 2.44. The average Bonchev–Trinajstić information content (AvgIpc) is 3.16. The molecule has 30 heavy (non-hydrogen) atoms. The zero-order chi connectivity index (χ0) is 20.4. The highest BCUT2D eigenvalue weighted by Crippen LogP contribution is 2.13. The second-order valence-electron chi connectivity index (χ2n) is 8.09. The van der Waals surface area contributed by atoms with E-state index in [9.17, 15) is 0 Å². The van der Waals surface area contributed by atoms with Gasteiger partial charge in [0.1, 0.15) is 0 Å². The molecule has 6 nitrogen and oxygen atoms in total. The van der Waals surface area contributed by atoms with E-state index in [4.69, 9.17) is 0 Å². The molecule has 6 heteroatoms. The van der Waals surface area contributed by atoms with Crippen molar-refractivity contribution in [2.75, 3.05) is 32.7 Å². The Balaban J connectivity index is 1.12. The van der Waals surface area contributed by atoms with Gasteiger partial charge < -0.3 is 4.90 Å². The number of unbranched alkanes of at least 4 members (excludes halogenated alkanes) is 2. The van der Waals surface area contributed by atoms with Gasteiger partial charge in [-0.15, -0.1) is 10.2 Å². The van der Waals surface area contributed by atoms with Crippen LogP contribution in [0.3, 0.4) is 0 Å². The van der Waals surface area contributed by atoms with Gasteiger partial charge in [-0.25, -0.2) is 0 Å². The molecule has 1 aliphatic heterocycles. The summed E-state index contributed by atoms with van der Waals surface area (Å²) >= 11 is 0. The zero-order valence-corrected chi connectivity index (χ0v) is 17.7. The lowest BCUT2D eigenvalue weighted by atomic mass is 10.2. The predicted molar refractivity (Wildman–Crippen MR) is 120 cm³/mol. The number of aryl methyl sites for hydroxylation is 1. The molecule has 0 radical (unpaired) electrons. The average molecular weight is 405 g/mol. The molecule has 2 heterocycles. The van der Waals surface area contributed by atoms with Crippen LogP contribution in [0.5, 0.6) is 0 Å². The van der Waals surface area contributed by atoms with Crippen LogP contribution in [0.2, 0.25) is 0 Å². The number of nitrogens with zero attached hydrogens (tertiary/aromatic N) is 6. The first-order valence-electron chi connectivity index (χ1n) is 11.2. The summed E-state index contributed by atoms with van der Waals surface area (Å²) in [6.07, 6.45) is 4.79. The van der Waals surface area contributed by atoms with E-state index in [1.165, 1.54) is 57.5 Å². The number of rotatable bonds is 9. The van der Waals surface area contributed by atoms with E-state index in [0.717, 1.165) is 25.1 Å². The van der Waals surface area contributed by atoms with E-state index in [1.54, 1.807) is 4.80 Å². The molecule has 1 saturated heterocycles. The van der Waals surface area contributed by atoms with Crippen molar-refractivity contribution in [2.45, 2.75) is 38.8 Å². The number of tetrazole rings is 1. The van der Waals surface area contributed by atoms with Crippen molar-refractivity contribution in [3.05, 3.63) is 66.2 Å². The molecule has 0 spiro atoms. The third-order valence-corrected chi connectivity index (χ3v) is 5.75. The fraction of sp³-hybridized carbons (Fsp3) is 0.458. The molecule has 0 aliphatic carbocycles. The summed E-state index contributed by atoms with van der Waals surface area (Å²) in [7, 11) is 0. The third kappa shape index (κ3) is 6.21. The monoisotopic (exact) mass is 404 g/mol. The summed E-state index contributed by atoms with van der Waals surface area (Å²) in [5.74, 6) is 0.709. The smallest absolute Gasteiger partial charge is 0.204 e. The van der Waals surface area contributed by atoms with Crippen molar-refractivity contribution in [1.82, 2.24) is 30.0 Å². The Morgan fingerprint density at radius 1 is 0.700 bits per heavy atom. The van der Waals surface area contributed by atoms with E-state index < -0.39 is 0 Å². The maximum absolute atomic E-state index is 4.50. The van der Waals surface area contributed by atoms with Gasteiger partial charge in [-0.05, 0) is 49.7 Å². The van der Waals surface area contributed by atoms with Crippen LogP contribution in [0.15, 0.2) is 60.7 Å². The van der Waals surface area contributed by atoms with Crippen LogP contribution in [0, 0.1) is 0 Å². The van der Waals surface area contributed by atoms with Crippen molar-refractivity contribution in [1.29, 1.82) is 0 Å². The molecule has 1 fully saturated rings. The van der Waals surface area contributed by atoms with E-state index >= 15 is 0 Å². The van der Waals surface area contributed by atoms with Crippen molar-refractivity contribution >= 4 is 0 Å². The van der Waals surface area contributed by atoms with Crippen molar-refractivity contribution in [3.8, 4) is 11.4 Å². The van der Waals surface area contributed by atoms with Gasteiger partial charge >= 0.3 is 0 Å². The minimum absolute atomic E-state index is 0.709. The molecule has 2 aromatic carbocycles. The molecule has 0 atom stereocenters. The summed E-state index contributed by atoms with van der Waals surface area (Å²) in [6.45, 7) is 7.87. The lowest BCUT2D eigenvalue weighted by Gasteiger charge is -2.21. The van der Waals surface area contributed by atoms with Gasteiger partial charge in [-0.2, -0.15) is 4.80 Å². The van der Waals surface area contributed by atoms with Crippen LogP contribution in [-0.4, -0.2) is 62.7 Å². The van der Waals surface area contributed by atoms with Gasteiger partial charge in [0.05, 0.1) is 6.54 Å². The second-order valence-corrected chi connectivity index (χ2v) is 8.09. The van der Waals surface area contributed by atoms with Gasteiger partial charge in [-0.3, -0.25) is 4.90 Å². The Bertz CT molecular complexity index is 864. The molecule has 0 amide bonds.